The average molecular weight is 260 g/mol. The summed E-state index contributed by atoms with van der Waals surface area (Å²) in [5.74, 6) is 0. The normalized spacial score (nSPS) is 33.6. The lowest BCUT2D eigenvalue weighted by Crippen LogP contribution is -2.48. The van der Waals surface area contributed by atoms with Gasteiger partial charge in [0.2, 0.25) is 0 Å². The van der Waals surface area contributed by atoms with Gasteiger partial charge in [-0.2, -0.15) is 0 Å². The molecular weight excluding hydrogens is 240 g/mol. The van der Waals surface area contributed by atoms with E-state index in [2.05, 4.69) is 42.1 Å². The minimum atomic E-state index is 0.106. The fraction of sp³-hybridized carbons (Fsp3) is 0.533. The molecule has 1 heterocycles. The van der Waals surface area contributed by atoms with Crippen LogP contribution in [-0.2, 0) is 11.2 Å². The lowest BCUT2D eigenvalue weighted by molar-refractivity contribution is -0.0737. The molecule has 0 amide bonds. The Balaban J connectivity index is 1.94. The second-order valence-corrected chi connectivity index (χ2v) is 5.58. The molecule has 0 bridgehead atoms. The number of morpholine rings is 1. The molecule has 19 heavy (non-hydrogen) atoms. The maximum absolute atomic E-state index is 9.30. The third-order valence-corrected chi connectivity index (χ3v) is 3.98. The van der Waals surface area contributed by atoms with E-state index in [0.29, 0.717) is 0 Å². The molecule has 0 spiro atoms. The number of oxime groups is 1. The van der Waals surface area contributed by atoms with E-state index < -0.39 is 0 Å². The van der Waals surface area contributed by atoms with Crippen molar-refractivity contribution in [2.45, 2.75) is 38.5 Å². The highest BCUT2D eigenvalue weighted by molar-refractivity contribution is 5.96. The zero-order chi connectivity index (χ0) is 13.4. The third kappa shape index (κ3) is 2.26. The van der Waals surface area contributed by atoms with Gasteiger partial charge in [0.05, 0.1) is 24.0 Å². The van der Waals surface area contributed by atoms with Crippen molar-refractivity contribution in [3.05, 3.63) is 35.4 Å². The monoisotopic (exact) mass is 260 g/mol. The van der Waals surface area contributed by atoms with Gasteiger partial charge in [-0.25, -0.2) is 0 Å². The standard InChI is InChI=1S/C15H20N2O2/c1-10-8-17(9-11(2)19-10)15-13-6-4-3-5-12(13)7-14(15)16-18/h3-6,10-11,15,18H,7-9H2,1-2H3/b16-14+/t10-,11+,15-/m0/s1. The van der Waals surface area contributed by atoms with Crippen molar-refractivity contribution in [1.82, 2.24) is 4.90 Å². The zero-order valence-corrected chi connectivity index (χ0v) is 11.4. The largest absolute Gasteiger partial charge is 0.411 e. The Bertz CT molecular complexity index is 491. The molecule has 1 aliphatic heterocycles. The molecule has 1 N–H and O–H groups in total. The lowest BCUT2D eigenvalue weighted by Gasteiger charge is -2.39. The minimum absolute atomic E-state index is 0.106. The molecular formula is C15H20N2O2. The number of hydrogen-bond donors (Lipinski definition) is 1. The zero-order valence-electron chi connectivity index (χ0n) is 11.4. The first-order valence-corrected chi connectivity index (χ1v) is 6.87. The van der Waals surface area contributed by atoms with Gasteiger partial charge in [-0.05, 0) is 25.0 Å². The van der Waals surface area contributed by atoms with Crippen molar-refractivity contribution < 1.29 is 9.94 Å². The fourth-order valence-electron chi connectivity index (χ4n) is 3.36. The van der Waals surface area contributed by atoms with Crippen molar-refractivity contribution in [2.24, 2.45) is 5.16 Å². The van der Waals surface area contributed by atoms with E-state index in [0.717, 1.165) is 25.2 Å². The Kier molecular flexibility index (Phi) is 3.29. The molecule has 1 fully saturated rings. The van der Waals surface area contributed by atoms with Gasteiger partial charge < -0.3 is 9.94 Å². The summed E-state index contributed by atoms with van der Waals surface area (Å²) in [7, 11) is 0. The Morgan fingerprint density at radius 1 is 1.21 bits per heavy atom. The van der Waals surface area contributed by atoms with Crippen molar-refractivity contribution in [1.29, 1.82) is 0 Å². The van der Waals surface area contributed by atoms with E-state index in [-0.39, 0.29) is 18.2 Å². The highest BCUT2D eigenvalue weighted by Crippen LogP contribution is 2.35. The van der Waals surface area contributed by atoms with E-state index in [1.54, 1.807) is 0 Å². The summed E-state index contributed by atoms with van der Waals surface area (Å²) in [5, 5.41) is 12.8. The van der Waals surface area contributed by atoms with E-state index in [1.165, 1.54) is 11.1 Å². The predicted octanol–water partition coefficient (Wildman–Crippen LogP) is 2.22. The molecule has 1 aromatic carbocycles. The van der Waals surface area contributed by atoms with Crippen LogP contribution in [0.2, 0.25) is 0 Å². The number of nitrogens with zero attached hydrogens (tertiary/aromatic N) is 2. The Morgan fingerprint density at radius 3 is 2.58 bits per heavy atom. The van der Waals surface area contributed by atoms with Crippen LogP contribution in [0.4, 0.5) is 0 Å². The Labute approximate surface area is 113 Å². The van der Waals surface area contributed by atoms with Crippen LogP contribution in [0.1, 0.15) is 31.0 Å². The molecule has 0 aromatic heterocycles. The molecule has 1 aromatic rings. The molecule has 4 heteroatoms. The first kappa shape index (κ1) is 12.6. The number of ether oxygens (including phenoxy) is 1. The first-order valence-electron chi connectivity index (χ1n) is 6.87. The summed E-state index contributed by atoms with van der Waals surface area (Å²) in [6, 6.07) is 8.46. The maximum Gasteiger partial charge on any atom is 0.0831 e. The fourth-order valence-corrected chi connectivity index (χ4v) is 3.36. The third-order valence-electron chi connectivity index (χ3n) is 3.98. The van der Waals surface area contributed by atoms with Crippen LogP contribution >= 0.6 is 0 Å². The first-order chi connectivity index (χ1) is 9.19. The van der Waals surface area contributed by atoms with Gasteiger partial charge in [-0.3, -0.25) is 4.90 Å². The molecule has 4 nitrogen and oxygen atoms in total. The molecule has 1 saturated heterocycles. The SMILES string of the molecule is C[C@@H]1CN([C@@H]2/C(=N/O)Cc3ccccc32)C[C@H](C)O1. The minimum Gasteiger partial charge on any atom is -0.411 e. The molecule has 0 saturated carbocycles. The molecule has 0 unspecified atom stereocenters. The summed E-state index contributed by atoms with van der Waals surface area (Å²) < 4.78 is 5.79. The van der Waals surface area contributed by atoms with E-state index in [4.69, 9.17) is 4.74 Å². The smallest absolute Gasteiger partial charge is 0.0831 e. The van der Waals surface area contributed by atoms with Crippen LogP contribution in [-0.4, -0.2) is 41.1 Å². The van der Waals surface area contributed by atoms with Gasteiger partial charge >= 0.3 is 0 Å². The molecule has 1 aliphatic carbocycles. The number of fused-ring (bicyclic) bond motifs is 1. The van der Waals surface area contributed by atoms with E-state index in [9.17, 15) is 5.21 Å². The Hall–Kier alpha value is -1.39. The average Bonchev–Trinajstić information content (AvgIpc) is 2.75. The van der Waals surface area contributed by atoms with Crippen LogP contribution in [0.3, 0.4) is 0 Å². The van der Waals surface area contributed by atoms with Crippen molar-refractivity contribution in [3.63, 3.8) is 0 Å². The van der Waals surface area contributed by atoms with Gasteiger partial charge in [-0.1, -0.05) is 29.4 Å². The summed E-state index contributed by atoms with van der Waals surface area (Å²) in [4.78, 5) is 2.37. The lowest BCUT2D eigenvalue weighted by atomic mass is 10.0. The number of benzene rings is 1. The molecule has 3 rings (SSSR count). The molecule has 3 atom stereocenters. The number of hydrogen-bond acceptors (Lipinski definition) is 4. The second-order valence-electron chi connectivity index (χ2n) is 5.58. The van der Waals surface area contributed by atoms with Gasteiger partial charge in [0.25, 0.3) is 0 Å². The van der Waals surface area contributed by atoms with E-state index in [1.807, 2.05) is 6.07 Å². The summed E-state index contributed by atoms with van der Waals surface area (Å²) >= 11 is 0. The van der Waals surface area contributed by atoms with Crippen LogP contribution in [0.25, 0.3) is 0 Å². The van der Waals surface area contributed by atoms with Crippen LogP contribution in [0, 0.1) is 0 Å². The van der Waals surface area contributed by atoms with E-state index >= 15 is 0 Å². The van der Waals surface area contributed by atoms with Crippen LogP contribution in [0.15, 0.2) is 29.4 Å². The van der Waals surface area contributed by atoms with Crippen molar-refractivity contribution >= 4 is 5.71 Å². The Morgan fingerprint density at radius 2 is 1.89 bits per heavy atom. The predicted molar refractivity (Wildman–Crippen MR) is 73.7 cm³/mol. The van der Waals surface area contributed by atoms with Crippen LogP contribution < -0.4 is 0 Å². The van der Waals surface area contributed by atoms with Gasteiger partial charge in [-0.15, -0.1) is 0 Å². The highest BCUT2D eigenvalue weighted by Gasteiger charge is 2.37. The van der Waals surface area contributed by atoms with Gasteiger partial charge in [0.15, 0.2) is 0 Å². The quantitative estimate of drug-likeness (QED) is 0.622. The summed E-state index contributed by atoms with van der Waals surface area (Å²) in [6.07, 6.45) is 1.19. The van der Waals surface area contributed by atoms with Crippen molar-refractivity contribution in [2.75, 3.05) is 13.1 Å². The second kappa shape index (κ2) is 4.94. The van der Waals surface area contributed by atoms with Crippen molar-refractivity contribution in [3.8, 4) is 0 Å². The van der Waals surface area contributed by atoms with Crippen LogP contribution in [0.5, 0.6) is 0 Å². The highest BCUT2D eigenvalue weighted by atomic mass is 16.5. The molecule has 102 valence electrons. The summed E-state index contributed by atoms with van der Waals surface area (Å²) in [6.45, 7) is 5.95. The molecule has 2 aliphatic rings. The van der Waals surface area contributed by atoms with Gasteiger partial charge in [0.1, 0.15) is 0 Å². The topological polar surface area (TPSA) is 45.1 Å². The van der Waals surface area contributed by atoms with Gasteiger partial charge in [0, 0.05) is 19.5 Å². The summed E-state index contributed by atoms with van der Waals surface area (Å²) in [5.41, 5.74) is 3.39. The maximum atomic E-state index is 9.30. The number of rotatable bonds is 1. The molecule has 0 radical (unpaired) electrons.